The summed E-state index contributed by atoms with van der Waals surface area (Å²) in [5.74, 6) is -0.324. The van der Waals surface area contributed by atoms with E-state index < -0.39 is 23.0 Å². The SMILES string of the molecule is CS(=O)(=O)N1CCC(N(CC(F)F)C(=O)CCc2ccncc2)CC1. The standard InChI is InChI=1S/C16H23F2N3O3S/c1-25(23,24)20-10-6-14(7-11-20)21(12-15(17)18)16(22)3-2-13-4-8-19-9-5-13/h4-5,8-9,14-15H,2-3,6-7,10-12H2,1H3. The number of hydrogen-bond acceptors (Lipinski definition) is 4. The Kier molecular flexibility index (Phi) is 6.83. The molecular formula is C16H23F2N3O3S. The van der Waals surface area contributed by atoms with Crippen LogP contribution in [0.1, 0.15) is 24.8 Å². The van der Waals surface area contributed by atoms with Crippen LogP contribution in [-0.2, 0) is 21.2 Å². The number of alkyl halides is 2. The maximum atomic E-state index is 12.9. The van der Waals surface area contributed by atoms with Crippen LogP contribution in [0.4, 0.5) is 8.78 Å². The largest absolute Gasteiger partial charge is 0.334 e. The number of aryl methyl sites for hydroxylation is 1. The van der Waals surface area contributed by atoms with Crippen LogP contribution in [0, 0.1) is 0 Å². The molecule has 25 heavy (non-hydrogen) atoms. The fraction of sp³-hybridized carbons (Fsp3) is 0.625. The molecule has 6 nitrogen and oxygen atoms in total. The molecule has 1 saturated heterocycles. The van der Waals surface area contributed by atoms with E-state index >= 15 is 0 Å². The Hall–Kier alpha value is -1.61. The summed E-state index contributed by atoms with van der Waals surface area (Å²) in [6, 6.07) is 3.22. The maximum Gasteiger partial charge on any atom is 0.255 e. The van der Waals surface area contributed by atoms with E-state index in [1.54, 1.807) is 24.5 Å². The second kappa shape index (κ2) is 8.66. The summed E-state index contributed by atoms with van der Waals surface area (Å²) in [5.41, 5.74) is 0.923. The van der Waals surface area contributed by atoms with Gasteiger partial charge in [0.2, 0.25) is 15.9 Å². The number of piperidine rings is 1. The molecule has 0 unspecified atom stereocenters. The summed E-state index contributed by atoms with van der Waals surface area (Å²) in [6.07, 6.45) is 3.12. The van der Waals surface area contributed by atoms with Crippen LogP contribution in [-0.4, -0.2) is 66.9 Å². The number of carbonyl (C=O) groups excluding carboxylic acids is 1. The highest BCUT2D eigenvalue weighted by molar-refractivity contribution is 7.88. The number of nitrogens with zero attached hydrogens (tertiary/aromatic N) is 3. The van der Waals surface area contributed by atoms with E-state index in [0.29, 0.717) is 19.3 Å². The second-order valence-electron chi connectivity index (χ2n) is 6.19. The van der Waals surface area contributed by atoms with Gasteiger partial charge in [-0.3, -0.25) is 9.78 Å². The van der Waals surface area contributed by atoms with Gasteiger partial charge in [0, 0.05) is 37.9 Å². The molecule has 1 aromatic rings. The van der Waals surface area contributed by atoms with Crippen LogP contribution in [0.2, 0.25) is 0 Å². The van der Waals surface area contributed by atoms with Crippen molar-refractivity contribution in [3.8, 4) is 0 Å². The predicted octanol–water partition coefficient (Wildman–Crippen LogP) is 1.53. The lowest BCUT2D eigenvalue weighted by Crippen LogP contribution is -2.50. The van der Waals surface area contributed by atoms with Gasteiger partial charge in [0.15, 0.2) is 0 Å². The van der Waals surface area contributed by atoms with Crippen LogP contribution in [0.25, 0.3) is 0 Å². The van der Waals surface area contributed by atoms with Gasteiger partial charge in [-0.05, 0) is 37.0 Å². The minimum absolute atomic E-state index is 0.142. The summed E-state index contributed by atoms with van der Waals surface area (Å²) in [4.78, 5) is 17.6. The molecule has 1 aliphatic heterocycles. The van der Waals surface area contributed by atoms with Gasteiger partial charge in [-0.1, -0.05) is 0 Å². The number of carbonyl (C=O) groups is 1. The first kappa shape index (κ1) is 19.7. The fourth-order valence-electron chi connectivity index (χ4n) is 3.03. The van der Waals surface area contributed by atoms with Gasteiger partial charge in [-0.2, -0.15) is 0 Å². The Labute approximate surface area is 146 Å². The minimum Gasteiger partial charge on any atom is -0.334 e. The van der Waals surface area contributed by atoms with E-state index in [-0.39, 0.29) is 31.5 Å². The molecule has 0 N–H and O–H groups in total. The lowest BCUT2D eigenvalue weighted by molar-refractivity contribution is -0.136. The molecule has 0 bridgehead atoms. The average Bonchev–Trinajstić information content (AvgIpc) is 2.58. The van der Waals surface area contributed by atoms with Crippen molar-refractivity contribution in [2.24, 2.45) is 0 Å². The van der Waals surface area contributed by atoms with Crippen molar-refractivity contribution in [1.82, 2.24) is 14.2 Å². The number of hydrogen-bond donors (Lipinski definition) is 0. The molecule has 1 aromatic heterocycles. The summed E-state index contributed by atoms with van der Waals surface area (Å²) >= 11 is 0. The summed E-state index contributed by atoms with van der Waals surface area (Å²) in [6.45, 7) is -0.111. The molecule has 0 radical (unpaired) electrons. The molecule has 0 aromatic carbocycles. The first-order valence-electron chi connectivity index (χ1n) is 8.19. The van der Waals surface area contributed by atoms with Crippen LogP contribution < -0.4 is 0 Å². The zero-order valence-electron chi connectivity index (χ0n) is 14.1. The quantitative estimate of drug-likeness (QED) is 0.725. The van der Waals surface area contributed by atoms with Gasteiger partial charge in [0.25, 0.3) is 6.43 Å². The fourth-order valence-corrected chi connectivity index (χ4v) is 3.91. The third-order valence-electron chi connectivity index (χ3n) is 4.37. The second-order valence-corrected chi connectivity index (χ2v) is 8.17. The van der Waals surface area contributed by atoms with E-state index in [4.69, 9.17) is 0 Å². The first-order chi connectivity index (χ1) is 11.8. The molecule has 0 saturated carbocycles. The van der Waals surface area contributed by atoms with Crippen molar-refractivity contribution in [3.05, 3.63) is 30.1 Å². The molecule has 9 heteroatoms. The molecule has 2 rings (SSSR count). The zero-order valence-corrected chi connectivity index (χ0v) is 15.0. The third kappa shape index (κ3) is 6.00. The van der Waals surface area contributed by atoms with Crippen LogP contribution in [0.15, 0.2) is 24.5 Å². The first-order valence-corrected chi connectivity index (χ1v) is 10.0. The number of halogens is 2. The van der Waals surface area contributed by atoms with Crippen LogP contribution in [0.5, 0.6) is 0 Å². The summed E-state index contributed by atoms with van der Waals surface area (Å²) in [5, 5.41) is 0. The van der Waals surface area contributed by atoms with Gasteiger partial charge in [-0.15, -0.1) is 0 Å². The summed E-state index contributed by atoms with van der Waals surface area (Å²) < 4.78 is 50.3. The number of rotatable bonds is 7. The molecule has 0 spiro atoms. The third-order valence-corrected chi connectivity index (χ3v) is 5.67. The van der Waals surface area contributed by atoms with Gasteiger partial charge in [-0.25, -0.2) is 21.5 Å². The smallest absolute Gasteiger partial charge is 0.255 e. The van der Waals surface area contributed by atoms with E-state index in [0.717, 1.165) is 11.8 Å². The van der Waals surface area contributed by atoms with Crippen molar-refractivity contribution >= 4 is 15.9 Å². The zero-order chi connectivity index (χ0) is 18.4. The van der Waals surface area contributed by atoms with E-state index in [9.17, 15) is 22.0 Å². The Bertz CT molecular complexity index is 662. The molecule has 0 aliphatic carbocycles. The summed E-state index contributed by atoms with van der Waals surface area (Å²) in [7, 11) is -3.29. The number of pyridine rings is 1. The van der Waals surface area contributed by atoms with Gasteiger partial charge < -0.3 is 4.90 Å². The van der Waals surface area contributed by atoms with Crippen molar-refractivity contribution in [2.45, 2.75) is 38.2 Å². The van der Waals surface area contributed by atoms with Gasteiger partial charge in [0.05, 0.1) is 12.8 Å². The Morgan fingerprint density at radius 1 is 1.32 bits per heavy atom. The minimum atomic E-state index is -3.29. The topological polar surface area (TPSA) is 70.6 Å². The van der Waals surface area contributed by atoms with Gasteiger partial charge >= 0.3 is 0 Å². The Morgan fingerprint density at radius 2 is 1.92 bits per heavy atom. The molecular weight excluding hydrogens is 352 g/mol. The van der Waals surface area contributed by atoms with Crippen LogP contribution >= 0.6 is 0 Å². The Balaban J connectivity index is 1.97. The van der Waals surface area contributed by atoms with Crippen molar-refractivity contribution in [3.63, 3.8) is 0 Å². The van der Waals surface area contributed by atoms with Crippen molar-refractivity contribution < 1.29 is 22.0 Å². The molecule has 140 valence electrons. The van der Waals surface area contributed by atoms with Crippen molar-refractivity contribution in [1.29, 1.82) is 0 Å². The van der Waals surface area contributed by atoms with E-state index in [1.165, 1.54) is 9.21 Å². The predicted molar refractivity (Wildman–Crippen MR) is 89.7 cm³/mol. The highest BCUT2D eigenvalue weighted by Gasteiger charge is 2.32. The normalized spacial score (nSPS) is 17.0. The molecule has 1 amide bonds. The van der Waals surface area contributed by atoms with E-state index in [2.05, 4.69) is 4.98 Å². The number of amides is 1. The lowest BCUT2D eigenvalue weighted by atomic mass is 10.0. The molecule has 1 fully saturated rings. The van der Waals surface area contributed by atoms with Crippen molar-refractivity contribution in [2.75, 3.05) is 25.9 Å². The maximum absolute atomic E-state index is 12.9. The Morgan fingerprint density at radius 3 is 2.44 bits per heavy atom. The number of aromatic nitrogens is 1. The van der Waals surface area contributed by atoms with E-state index in [1.807, 2.05) is 0 Å². The molecule has 2 heterocycles. The molecule has 1 aliphatic rings. The highest BCUT2D eigenvalue weighted by atomic mass is 32.2. The highest BCUT2D eigenvalue weighted by Crippen LogP contribution is 2.21. The molecule has 0 atom stereocenters. The average molecular weight is 375 g/mol. The van der Waals surface area contributed by atoms with Crippen LogP contribution in [0.3, 0.4) is 0 Å². The monoisotopic (exact) mass is 375 g/mol. The number of sulfonamides is 1. The van der Waals surface area contributed by atoms with Gasteiger partial charge in [0.1, 0.15) is 0 Å². The lowest BCUT2D eigenvalue weighted by Gasteiger charge is -2.37.